The van der Waals surface area contributed by atoms with Crippen molar-refractivity contribution in [1.29, 1.82) is 0 Å². The highest BCUT2D eigenvalue weighted by Crippen LogP contribution is 2.38. The van der Waals surface area contributed by atoms with Crippen molar-refractivity contribution in [2.45, 2.75) is 39.0 Å². The Morgan fingerprint density at radius 2 is 1.89 bits per heavy atom. The number of alkyl halides is 3. The average Bonchev–Trinajstić information content (AvgIpc) is 3.08. The number of carbonyl (C=O) groups is 1. The number of aliphatic carboxylic acids is 1. The van der Waals surface area contributed by atoms with Crippen LogP contribution in [0.2, 0.25) is 10.0 Å². The first-order valence-corrected chi connectivity index (χ1v) is 11.8. The van der Waals surface area contributed by atoms with Gasteiger partial charge in [0.05, 0.1) is 21.3 Å². The molecule has 0 aliphatic carbocycles. The summed E-state index contributed by atoms with van der Waals surface area (Å²) in [6.45, 7) is 3.08. The maximum Gasteiger partial charge on any atom is 0.573 e. The van der Waals surface area contributed by atoms with Crippen LogP contribution in [0.3, 0.4) is 0 Å². The Labute approximate surface area is 210 Å². The molecule has 1 aromatic carbocycles. The van der Waals surface area contributed by atoms with Crippen LogP contribution in [0.15, 0.2) is 24.3 Å². The summed E-state index contributed by atoms with van der Waals surface area (Å²) >= 11 is 13.4. The minimum atomic E-state index is -4.77. The van der Waals surface area contributed by atoms with Crippen molar-refractivity contribution in [3.05, 3.63) is 51.3 Å². The summed E-state index contributed by atoms with van der Waals surface area (Å²) in [4.78, 5) is 17.7. The minimum Gasteiger partial charge on any atom is -0.481 e. The van der Waals surface area contributed by atoms with Crippen LogP contribution in [0.4, 0.5) is 19.0 Å². The first-order valence-electron chi connectivity index (χ1n) is 11.1. The average molecular weight is 530 g/mol. The number of ether oxygens (including phenoxy) is 1. The van der Waals surface area contributed by atoms with Gasteiger partial charge in [0.1, 0.15) is 11.6 Å². The molecular weight excluding hydrogens is 506 g/mol. The minimum absolute atomic E-state index is 0.123. The van der Waals surface area contributed by atoms with Crippen molar-refractivity contribution in [3.63, 3.8) is 0 Å². The number of halogens is 5. The number of benzene rings is 1. The predicted octanol–water partition coefficient (Wildman–Crippen LogP) is 6.37. The fraction of sp³-hybridized carbons (Fsp3) is 0.417. The molecule has 6 nitrogen and oxygen atoms in total. The van der Waals surface area contributed by atoms with Gasteiger partial charge in [-0.3, -0.25) is 4.79 Å². The molecule has 11 heteroatoms. The summed E-state index contributed by atoms with van der Waals surface area (Å²) in [6, 6.07) is 6.09. The van der Waals surface area contributed by atoms with Crippen LogP contribution in [0, 0.1) is 12.8 Å². The summed E-state index contributed by atoms with van der Waals surface area (Å²) in [5.41, 5.74) is 2.69. The van der Waals surface area contributed by atoms with E-state index in [1.807, 2.05) is 6.07 Å². The van der Waals surface area contributed by atoms with Crippen molar-refractivity contribution in [2.75, 3.05) is 18.0 Å². The van der Waals surface area contributed by atoms with Crippen LogP contribution >= 0.6 is 23.2 Å². The Morgan fingerprint density at radius 3 is 2.51 bits per heavy atom. The van der Waals surface area contributed by atoms with Gasteiger partial charge in [0.2, 0.25) is 0 Å². The number of rotatable bonds is 6. The van der Waals surface area contributed by atoms with Crippen molar-refractivity contribution in [2.24, 2.45) is 13.0 Å². The van der Waals surface area contributed by atoms with Gasteiger partial charge in [0.15, 0.2) is 0 Å². The summed E-state index contributed by atoms with van der Waals surface area (Å²) < 4.78 is 43.8. The van der Waals surface area contributed by atoms with Crippen molar-refractivity contribution < 1.29 is 27.8 Å². The number of aromatic nitrogens is 2. The Kier molecular flexibility index (Phi) is 7.11. The summed E-state index contributed by atoms with van der Waals surface area (Å²) in [7, 11) is 1.76. The van der Waals surface area contributed by atoms with E-state index in [9.17, 15) is 18.0 Å². The number of fused-ring (bicyclic) bond motifs is 1. The lowest BCUT2D eigenvalue weighted by Gasteiger charge is -2.33. The first kappa shape index (κ1) is 25.4. The molecule has 1 saturated heterocycles. The number of hydrogen-bond acceptors (Lipinski definition) is 4. The number of hydrogen-bond donors (Lipinski definition) is 1. The number of anilines is 1. The molecule has 1 fully saturated rings. The molecule has 0 spiro atoms. The number of carboxylic acid groups (broad SMARTS) is 1. The zero-order valence-corrected chi connectivity index (χ0v) is 20.6. The molecule has 0 atom stereocenters. The largest absolute Gasteiger partial charge is 0.573 e. The Balaban J connectivity index is 1.63. The standard InChI is InChI=1S/C24H24Cl2F3N3O3/c1-13-21(25)18(22(26)23(30-13)32-7-5-14(6-8-32)9-20(33)34)11-16-10-15-3-4-17(35-24(27,28)29)12-19(15)31(16)2/h3-4,10,12,14H,5-9,11H2,1-2H3,(H,33,34). The second-order valence-electron chi connectivity index (χ2n) is 8.80. The fourth-order valence-corrected chi connectivity index (χ4v) is 5.16. The Hall–Kier alpha value is -2.65. The molecule has 0 bridgehead atoms. The van der Waals surface area contributed by atoms with Crippen LogP contribution in [-0.2, 0) is 18.3 Å². The molecule has 0 unspecified atom stereocenters. The van der Waals surface area contributed by atoms with Gasteiger partial charge in [-0.25, -0.2) is 4.98 Å². The van der Waals surface area contributed by atoms with Gasteiger partial charge < -0.3 is 19.3 Å². The molecule has 1 aliphatic heterocycles. The van der Waals surface area contributed by atoms with E-state index in [4.69, 9.17) is 28.3 Å². The van der Waals surface area contributed by atoms with Crippen LogP contribution in [0.5, 0.6) is 5.75 Å². The Morgan fingerprint density at radius 1 is 1.20 bits per heavy atom. The SMILES string of the molecule is Cc1nc(N2CCC(CC(=O)O)CC2)c(Cl)c(Cc2cc3ccc(OC(F)(F)F)cc3n2C)c1Cl. The van der Waals surface area contributed by atoms with Crippen molar-refractivity contribution >= 4 is 45.9 Å². The number of carboxylic acids is 1. The third-order valence-electron chi connectivity index (χ3n) is 6.40. The molecule has 0 amide bonds. The highest BCUT2D eigenvalue weighted by Gasteiger charge is 2.31. The summed E-state index contributed by atoms with van der Waals surface area (Å²) in [5, 5.41) is 10.7. The molecule has 4 rings (SSSR count). The number of piperidine rings is 1. The lowest BCUT2D eigenvalue weighted by atomic mass is 9.93. The van der Waals surface area contributed by atoms with Crippen molar-refractivity contribution in [3.8, 4) is 5.75 Å². The molecule has 1 aliphatic rings. The third kappa shape index (κ3) is 5.62. The lowest BCUT2D eigenvalue weighted by Crippen LogP contribution is -2.35. The fourth-order valence-electron chi connectivity index (χ4n) is 4.58. The smallest absolute Gasteiger partial charge is 0.481 e. The summed E-state index contributed by atoms with van der Waals surface area (Å²) in [6.07, 6.45) is -2.81. The zero-order valence-electron chi connectivity index (χ0n) is 19.1. The maximum atomic E-state index is 12.6. The third-order valence-corrected chi connectivity index (χ3v) is 7.30. The van der Waals surface area contributed by atoms with Crippen LogP contribution < -0.4 is 9.64 Å². The maximum absolute atomic E-state index is 12.6. The van der Waals surface area contributed by atoms with E-state index in [2.05, 4.69) is 14.6 Å². The van der Waals surface area contributed by atoms with Gasteiger partial charge in [-0.2, -0.15) is 0 Å². The normalized spacial score (nSPS) is 15.1. The van der Waals surface area contributed by atoms with Gasteiger partial charge in [-0.05, 0) is 43.9 Å². The summed E-state index contributed by atoms with van der Waals surface area (Å²) in [5.74, 6) is -0.354. The van der Waals surface area contributed by atoms with E-state index in [1.54, 1.807) is 24.6 Å². The predicted molar refractivity (Wildman–Crippen MR) is 129 cm³/mol. The van der Waals surface area contributed by atoms with Crippen LogP contribution in [0.25, 0.3) is 10.9 Å². The zero-order chi connectivity index (χ0) is 25.5. The monoisotopic (exact) mass is 529 g/mol. The van der Waals surface area contributed by atoms with E-state index in [1.165, 1.54) is 12.1 Å². The van der Waals surface area contributed by atoms with E-state index in [0.29, 0.717) is 52.1 Å². The van der Waals surface area contributed by atoms with Gasteiger partial charge in [-0.1, -0.05) is 23.2 Å². The molecule has 0 radical (unpaired) electrons. The molecule has 3 aromatic rings. The highest BCUT2D eigenvalue weighted by molar-refractivity contribution is 6.37. The van der Waals surface area contributed by atoms with E-state index >= 15 is 0 Å². The van der Waals surface area contributed by atoms with E-state index in [0.717, 1.165) is 23.9 Å². The number of nitrogens with zero attached hydrogens (tertiary/aromatic N) is 3. The molecule has 1 N–H and O–H groups in total. The second-order valence-corrected chi connectivity index (χ2v) is 9.55. The molecule has 3 heterocycles. The van der Waals surface area contributed by atoms with Crippen LogP contribution in [-0.4, -0.2) is 40.1 Å². The molecular formula is C24H24Cl2F3N3O3. The first-order chi connectivity index (χ1) is 16.4. The molecule has 0 saturated carbocycles. The lowest BCUT2D eigenvalue weighted by molar-refractivity contribution is -0.274. The van der Waals surface area contributed by atoms with Gasteiger partial charge in [-0.15, -0.1) is 13.2 Å². The topological polar surface area (TPSA) is 67.6 Å². The van der Waals surface area contributed by atoms with Gasteiger partial charge in [0, 0.05) is 55.7 Å². The molecule has 35 heavy (non-hydrogen) atoms. The van der Waals surface area contributed by atoms with Crippen LogP contribution in [0.1, 0.15) is 36.2 Å². The Bertz CT molecular complexity index is 1270. The van der Waals surface area contributed by atoms with Crippen molar-refractivity contribution in [1.82, 2.24) is 9.55 Å². The van der Waals surface area contributed by atoms with E-state index < -0.39 is 12.3 Å². The number of pyridine rings is 1. The van der Waals surface area contributed by atoms with E-state index in [-0.39, 0.29) is 18.1 Å². The second kappa shape index (κ2) is 9.78. The number of aryl methyl sites for hydroxylation is 2. The highest BCUT2D eigenvalue weighted by atomic mass is 35.5. The molecule has 188 valence electrons. The quantitative estimate of drug-likeness (QED) is 0.401. The van der Waals surface area contributed by atoms with Gasteiger partial charge in [0.25, 0.3) is 0 Å². The van der Waals surface area contributed by atoms with Gasteiger partial charge >= 0.3 is 12.3 Å². The molecule has 2 aromatic heterocycles.